The highest BCUT2D eigenvalue weighted by Gasteiger charge is 2.05. The van der Waals surface area contributed by atoms with Gasteiger partial charge in [-0.3, -0.25) is 0 Å². The van der Waals surface area contributed by atoms with Gasteiger partial charge in [0.15, 0.2) is 11.3 Å². The van der Waals surface area contributed by atoms with E-state index >= 15 is 0 Å². The molecule has 2 aromatic rings. The van der Waals surface area contributed by atoms with Crippen LogP contribution in [0.3, 0.4) is 0 Å². The molecule has 0 amide bonds. The van der Waals surface area contributed by atoms with E-state index in [1.807, 2.05) is 0 Å². The molecule has 3 heteroatoms. The van der Waals surface area contributed by atoms with Crippen LogP contribution in [0.25, 0.3) is 11.0 Å². The van der Waals surface area contributed by atoms with Crippen LogP contribution in [0.2, 0.25) is 0 Å². The summed E-state index contributed by atoms with van der Waals surface area (Å²) in [7, 11) is 0. The van der Waals surface area contributed by atoms with Crippen molar-refractivity contribution in [3.8, 4) is 11.8 Å². The van der Waals surface area contributed by atoms with E-state index < -0.39 is 0 Å². The van der Waals surface area contributed by atoms with E-state index in [-0.39, 0.29) is 5.82 Å². The van der Waals surface area contributed by atoms with E-state index in [1.165, 1.54) is 12.1 Å². The molecule has 2 nitrogen and oxygen atoms in total. The number of aromatic nitrogens is 1. The number of nitrogens with zero attached hydrogens (tertiary/aromatic N) is 1. The Hall–Kier alpha value is -1.82. The average Bonchev–Trinajstić information content (AvgIpc) is 2.49. The van der Waals surface area contributed by atoms with Gasteiger partial charge in [-0.25, -0.2) is 4.39 Å². The summed E-state index contributed by atoms with van der Waals surface area (Å²) in [5.74, 6) is 5.15. The molecule has 0 atom stereocenters. The lowest BCUT2D eigenvalue weighted by Crippen LogP contribution is -1.74. The van der Waals surface area contributed by atoms with Gasteiger partial charge in [0.25, 0.3) is 0 Å². The SMILES string of the molecule is CC#Cc1noc2cc(F)ccc12. The van der Waals surface area contributed by atoms with Crippen LogP contribution in [-0.2, 0) is 0 Å². The van der Waals surface area contributed by atoms with Gasteiger partial charge in [0.2, 0.25) is 0 Å². The summed E-state index contributed by atoms with van der Waals surface area (Å²) in [5.41, 5.74) is 0.982. The number of benzene rings is 1. The molecule has 0 N–H and O–H groups in total. The first-order valence-corrected chi connectivity index (χ1v) is 3.79. The van der Waals surface area contributed by atoms with Gasteiger partial charge in [-0.15, -0.1) is 0 Å². The Morgan fingerprint density at radius 1 is 1.46 bits per heavy atom. The fourth-order valence-electron chi connectivity index (χ4n) is 1.12. The van der Waals surface area contributed by atoms with Crippen LogP contribution < -0.4 is 0 Å². The third-order valence-corrected chi connectivity index (χ3v) is 1.68. The second kappa shape index (κ2) is 2.91. The zero-order chi connectivity index (χ0) is 9.26. The number of rotatable bonds is 0. The standard InChI is InChI=1S/C10H6FNO/c1-2-3-9-8-5-4-7(11)6-10(8)13-12-9/h4-6H,1H3. The molecule has 0 aliphatic heterocycles. The summed E-state index contributed by atoms with van der Waals surface area (Å²) in [6.07, 6.45) is 0. The second-order valence-corrected chi connectivity index (χ2v) is 2.55. The predicted molar refractivity (Wildman–Crippen MR) is 46.5 cm³/mol. The van der Waals surface area contributed by atoms with Crippen LogP contribution in [0.15, 0.2) is 22.7 Å². The van der Waals surface area contributed by atoms with Crippen LogP contribution >= 0.6 is 0 Å². The monoisotopic (exact) mass is 175 g/mol. The first-order chi connectivity index (χ1) is 6.31. The maximum absolute atomic E-state index is 12.7. The molecule has 0 saturated carbocycles. The lowest BCUT2D eigenvalue weighted by atomic mass is 10.2. The van der Waals surface area contributed by atoms with Gasteiger partial charge >= 0.3 is 0 Å². The number of hydrogen-bond acceptors (Lipinski definition) is 2. The topological polar surface area (TPSA) is 26.0 Å². The summed E-state index contributed by atoms with van der Waals surface area (Å²) in [5, 5.41) is 4.46. The normalized spacial score (nSPS) is 9.69. The Kier molecular flexibility index (Phi) is 1.75. The van der Waals surface area contributed by atoms with Crippen LogP contribution in [-0.4, -0.2) is 5.16 Å². The largest absolute Gasteiger partial charge is 0.355 e. The van der Waals surface area contributed by atoms with Crippen molar-refractivity contribution in [1.29, 1.82) is 0 Å². The van der Waals surface area contributed by atoms with Crippen molar-refractivity contribution in [2.24, 2.45) is 0 Å². The molecule has 1 aromatic carbocycles. The highest BCUT2D eigenvalue weighted by molar-refractivity contribution is 5.82. The van der Waals surface area contributed by atoms with Crippen molar-refractivity contribution in [3.63, 3.8) is 0 Å². The molecule has 0 radical (unpaired) electrons. The molecule has 0 bridgehead atoms. The van der Waals surface area contributed by atoms with E-state index in [0.29, 0.717) is 11.3 Å². The number of halogens is 1. The maximum atomic E-state index is 12.7. The Morgan fingerprint density at radius 3 is 3.08 bits per heavy atom. The van der Waals surface area contributed by atoms with Gasteiger partial charge in [-0.1, -0.05) is 11.1 Å². The molecule has 0 aliphatic rings. The molecule has 0 unspecified atom stereocenters. The molecule has 0 spiro atoms. The summed E-state index contributed by atoms with van der Waals surface area (Å²) in [4.78, 5) is 0. The van der Waals surface area contributed by atoms with Gasteiger partial charge in [0.1, 0.15) is 5.82 Å². The predicted octanol–water partition coefficient (Wildman–Crippen LogP) is 2.34. The zero-order valence-corrected chi connectivity index (χ0v) is 6.97. The minimum absolute atomic E-state index is 0.334. The van der Waals surface area contributed by atoms with Crippen LogP contribution in [0, 0.1) is 17.7 Å². The van der Waals surface area contributed by atoms with Gasteiger partial charge in [0, 0.05) is 6.07 Å². The van der Waals surface area contributed by atoms with Crippen LogP contribution in [0.1, 0.15) is 12.6 Å². The molecule has 64 valence electrons. The van der Waals surface area contributed by atoms with Crippen molar-refractivity contribution in [2.75, 3.05) is 0 Å². The van der Waals surface area contributed by atoms with E-state index in [9.17, 15) is 4.39 Å². The third kappa shape index (κ3) is 1.27. The lowest BCUT2D eigenvalue weighted by molar-refractivity contribution is 0.452. The fraction of sp³-hybridized carbons (Fsp3) is 0.100. The Balaban J connectivity index is 2.73. The van der Waals surface area contributed by atoms with E-state index in [0.717, 1.165) is 5.39 Å². The average molecular weight is 175 g/mol. The van der Waals surface area contributed by atoms with Gasteiger partial charge in [-0.05, 0) is 25.0 Å². The maximum Gasteiger partial charge on any atom is 0.171 e. The van der Waals surface area contributed by atoms with Crippen molar-refractivity contribution >= 4 is 11.0 Å². The first-order valence-electron chi connectivity index (χ1n) is 3.79. The van der Waals surface area contributed by atoms with E-state index in [4.69, 9.17) is 4.52 Å². The number of fused-ring (bicyclic) bond motifs is 1. The first kappa shape index (κ1) is 7.81. The van der Waals surface area contributed by atoms with E-state index in [2.05, 4.69) is 17.0 Å². The van der Waals surface area contributed by atoms with Crippen molar-refractivity contribution in [3.05, 3.63) is 29.7 Å². The third-order valence-electron chi connectivity index (χ3n) is 1.68. The van der Waals surface area contributed by atoms with Crippen LogP contribution in [0.4, 0.5) is 4.39 Å². The van der Waals surface area contributed by atoms with Gasteiger partial charge < -0.3 is 4.52 Å². The molecule has 2 rings (SSSR count). The minimum Gasteiger partial charge on any atom is -0.355 e. The van der Waals surface area contributed by atoms with Crippen molar-refractivity contribution in [1.82, 2.24) is 5.16 Å². The Morgan fingerprint density at radius 2 is 2.31 bits per heavy atom. The molecular weight excluding hydrogens is 169 g/mol. The summed E-state index contributed by atoms with van der Waals surface area (Å²) in [6, 6.07) is 4.27. The molecule has 0 saturated heterocycles. The minimum atomic E-state index is -0.334. The van der Waals surface area contributed by atoms with Gasteiger partial charge in [-0.2, -0.15) is 0 Å². The molecule has 1 heterocycles. The van der Waals surface area contributed by atoms with Crippen LogP contribution in [0.5, 0.6) is 0 Å². The fourth-order valence-corrected chi connectivity index (χ4v) is 1.12. The summed E-state index contributed by atoms with van der Waals surface area (Å²) < 4.78 is 17.6. The van der Waals surface area contributed by atoms with Crippen molar-refractivity contribution in [2.45, 2.75) is 6.92 Å². The lowest BCUT2D eigenvalue weighted by Gasteiger charge is -1.86. The molecular formula is C10H6FNO. The quantitative estimate of drug-likeness (QED) is 0.574. The highest BCUT2D eigenvalue weighted by atomic mass is 19.1. The summed E-state index contributed by atoms with van der Waals surface area (Å²) >= 11 is 0. The smallest absolute Gasteiger partial charge is 0.171 e. The highest BCUT2D eigenvalue weighted by Crippen LogP contribution is 2.18. The van der Waals surface area contributed by atoms with Gasteiger partial charge in [0.05, 0.1) is 5.39 Å². The number of hydrogen-bond donors (Lipinski definition) is 0. The molecule has 13 heavy (non-hydrogen) atoms. The second-order valence-electron chi connectivity index (χ2n) is 2.55. The molecule has 0 aliphatic carbocycles. The Bertz CT molecular complexity index is 504. The van der Waals surface area contributed by atoms with Crippen molar-refractivity contribution < 1.29 is 8.91 Å². The summed E-state index contributed by atoms with van der Waals surface area (Å²) in [6.45, 7) is 1.71. The zero-order valence-electron chi connectivity index (χ0n) is 6.97. The molecule has 0 fully saturated rings. The molecule has 1 aromatic heterocycles. The van der Waals surface area contributed by atoms with E-state index in [1.54, 1.807) is 13.0 Å². The Labute approximate surface area is 74.3 Å².